The van der Waals surface area contributed by atoms with Crippen molar-refractivity contribution in [3.63, 3.8) is 0 Å². The number of nitrogens with one attached hydrogen (secondary N) is 5. The van der Waals surface area contributed by atoms with Crippen molar-refractivity contribution in [1.82, 2.24) is 69.6 Å². The highest BCUT2D eigenvalue weighted by atomic mass is 79.9. The van der Waals surface area contributed by atoms with Gasteiger partial charge in [0.15, 0.2) is 46.0 Å². The van der Waals surface area contributed by atoms with Crippen LogP contribution in [0.25, 0.3) is 61.5 Å². The zero-order valence-corrected chi connectivity index (χ0v) is 75.5. The molecule has 0 saturated carbocycles. The Morgan fingerprint density at radius 1 is 0.358 bits per heavy atom. The van der Waals surface area contributed by atoms with E-state index in [-0.39, 0.29) is 102 Å². The molecule has 0 radical (unpaired) electrons. The van der Waals surface area contributed by atoms with E-state index in [9.17, 15) is 50.3 Å². The molecule has 0 aliphatic carbocycles. The van der Waals surface area contributed by atoms with Crippen LogP contribution < -0.4 is 64.5 Å². The number of rotatable bonds is 16. The van der Waals surface area contributed by atoms with Gasteiger partial charge in [-0.1, -0.05) is 73.9 Å². The number of hydrogen-bond donors (Lipinski definition) is 5. The quantitative estimate of drug-likeness (QED) is 0.0443. The molecule has 137 heavy (non-hydrogen) atoms. The van der Waals surface area contributed by atoms with Crippen LogP contribution >= 0.6 is 73.9 Å². The lowest BCUT2D eigenvalue weighted by Crippen LogP contribution is -2.25. The molecule has 12 aromatic heterocycles. The third kappa shape index (κ3) is 23.2. The third-order valence-electron chi connectivity index (χ3n) is 19.4. The maximum atomic E-state index is 13.2. The van der Waals surface area contributed by atoms with Crippen molar-refractivity contribution in [2.24, 2.45) is 0 Å². The molecule has 0 spiro atoms. The van der Waals surface area contributed by atoms with Gasteiger partial charge < -0.3 is 64.5 Å². The number of fused-ring (bicyclic) bond motifs is 4. The summed E-state index contributed by atoms with van der Waals surface area (Å²) < 4.78 is 119. The average molecular weight is 2020 g/mol. The lowest BCUT2D eigenvalue weighted by atomic mass is 10.1. The fourth-order valence-corrected chi connectivity index (χ4v) is 14.7. The molecule has 32 nitrogen and oxygen atoms in total. The highest BCUT2D eigenvalue weighted by Gasteiger charge is 2.46. The highest BCUT2D eigenvalue weighted by molar-refractivity contribution is 9.10. The topological polar surface area (TPSA) is 392 Å². The van der Waals surface area contributed by atoms with E-state index < -0.39 is 24.8 Å². The number of amides is 5. The van der Waals surface area contributed by atoms with Crippen molar-refractivity contribution in [2.45, 2.75) is 39.7 Å². The number of halogens is 12. The summed E-state index contributed by atoms with van der Waals surface area (Å²) in [7, 11) is 0. The van der Waals surface area contributed by atoms with Gasteiger partial charge in [-0.2, -0.15) is 5.10 Å². The number of benzene rings is 4. The molecule has 5 amide bonds. The van der Waals surface area contributed by atoms with Crippen molar-refractivity contribution >= 4 is 133 Å². The van der Waals surface area contributed by atoms with Crippen molar-refractivity contribution in [1.29, 1.82) is 0 Å². The number of aromatic nitrogens is 14. The van der Waals surface area contributed by atoms with Gasteiger partial charge in [-0.3, -0.25) is 38.9 Å². The molecular weight excluding hydrogens is 1960 g/mol. The molecule has 0 atom stereocenters. The molecule has 0 unspecified atom stereocenters. The van der Waals surface area contributed by atoms with E-state index in [1.165, 1.54) is 111 Å². The molecule has 688 valence electrons. The van der Waals surface area contributed by atoms with Gasteiger partial charge in [0.1, 0.15) is 45.7 Å². The van der Waals surface area contributed by atoms with Crippen LogP contribution in [0.3, 0.4) is 0 Å². The number of carbonyl (C=O) groups excluding carboxylic acids is 5. The molecule has 0 fully saturated rings. The Labute approximate surface area is 803 Å². The number of pyridine rings is 10. The number of anilines is 5. The average Bonchev–Trinajstić information content (AvgIpc) is 1.78. The fraction of sp³-hybridized carbons (Fsp3) is 0.0753. The molecule has 4 aliphatic heterocycles. The minimum Gasteiger partial charge on any atom is -0.454 e. The molecular formula is C93H59BrCl5F6N19O13. The first kappa shape index (κ1) is 94.1. The van der Waals surface area contributed by atoms with Crippen molar-refractivity contribution in [3.05, 3.63) is 338 Å². The maximum absolute atomic E-state index is 13.2. The zero-order chi connectivity index (χ0) is 96.4. The lowest BCUT2D eigenvalue weighted by Gasteiger charge is -2.09. The molecule has 16 aromatic rings. The van der Waals surface area contributed by atoms with Gasteiger partial charge in [0, 0.05) is 165 Å². The van der Waals surface area contributed by atoms with E-state index in [1.54, 1.807) is 115 Å². The SMILES string of the molecule is Cc1cc(-c2cccnc2)nn1-c1ccc(NC(=O)c2cncnc2)nc1.Cc1ccc(C(=O)Nc2ccc(-c3cc4c(cc3Cl)OC(F)(F)O4)cn2)cn1.Cc1cncc(C(=O)Nc2ccc(-c3cc4c(cc3Cl)OC(F)(F)O4)cn2)c1.O=C(Nc1ccc(-c2cc3c(cc2Br)OCO3)cn1)c1cccnc1Cl.O=C(Nc1ccc(-c2cc3c(cc2Cl)OC(F)(F)O3)cn1)c1cccnc1Cl. The highest BCUT2D eigenvalue weighted by Crippen LogP contribution is 2.50. The van der Waals surface area contributed by atoms with E-state index in [0.29, 0.717) is 90.4 Å². The molecule has 0 saturated heterocycles. The van der Waals surface area contributed by atoms with Crippen LogP contribution in [0.15, 0.2) is 267 Å². The first-order valence-corrected chi connectivity index (χ1v) is 42.5. The Hall–Kier alpha value is -16.1. The van der Waals surface area contributed by atoms with Crippen LogP contribution in [0.2, 0.25) is 25.4 Å². The van der Waals surface area contributed by atoms with Gasteiger partial charge in [0.25, 0.3) is 29.5 Å². The maximum Gasteiger partial charge on any atom is 0.586 e. The van der Waals surface area contributed by atoms with Crippen LogP contribution in [-0.2, 0) is 0 Å². The van der Waals surface area contributed by atoms with E-state index in [2.05, 4.69) is 136 Å². The molecule has 4 aliphatic rings. The number of nitrogens with zero attached hydrogens (tertiary/aromatic N) is 14. The van der Waals surface area contributed by atoms with E-state index in [4.69, 9.17) is 67.5 Å². The van der Waals surface area contributed by atoms with Crippen molar-refractivity contribution in [3.8, 4) is 107 Å². The predicted octanol–water partition coefficient (Wildman–Crippen LogP) is 21.6. The van der Waals surface area contributed by atoms with E-state index in [0.717, 1.165) is 49.5 Å². The Balaban J connectivity index is 0.000000124. The number of alkyl halides is 6. The lowest BCUT2D eigenvalue weighted by molar-refractivity contribution is -0.287. The number of carbonyl (C=O) groups is 5. The summed E-state index contributed by atoms with van der Waals surface area (Å²) in [5, 5.41) is 18.7. The summed E-state index contributed by atoms with van der Waals surface area (Å²) in [4.78, 5) is 110. The standard InChI is InChI=1S/2C19H12ClF2N3O3.C19H15N7O.C18H11BrClN3O3.C18H9Cl2F2N3O3/c1-10-4-12(8-23-7-10)18(26)25-17-3-2-11(9-24-17)13-5-15-16(6-14(13)20)28-19(21,22)27-15;1-10-2-3-12(9-23-10)18(26)25-17-5-4-11(8-24-17)13-6-15-16(7-14(13)20)28-19(21,22)27-15;1-13-7-17(14-3-2-6-20-8-14)25-26(13)16-4-5-18(23-11-16)24-19(27)15-9-21-12-22-10-15;19-13-7-15-14(25-9-26-15)6-12(13)10-3-4-16(22-8-10)23-18(24)11-2-1-5-21-17(11)20;19-12-7-14-13(27-18(21,22)28-14)6-11(12)9-3-4-15(24-8-9)25-17(26)10-2-1-5-23-16(10)20/h2*2-9H,1H3,(H,24,25,26);2-12H,1H3,(H,23,24,27);1-8H,9H2,(H,22,23,24);1-8H,(H,24,25,26). The Morgan fingerprint density at radius 3 is 1.18 bits per heavy atom. The first-order valence-electron chi connectivity index (χ1n) is 39.8. The van der Waals surface area contributed by atoms with Gasteiger partial charge >= 0.3 is 18.9 Å². The van der Waals surface area contributed by atoms with Crippen molar-refractivity contribution < 1.29 is 88.2 Å². The number of hydrogen-bond acceptors (Lipinski definition) is 26. The summed E-state index contributed by atoms with van der Waals surface area (Å²) >= 11 is 33.9. The van der Waals surface area contributed by atoms with Crippen molar-refractivity contribution in [2.75, 3.05) is 33.4 Å². The van der Waals surface area contributed by atoms with Gasteiger partial charge in [-0.05, 0) is 178 Å². The van der Waals surface area contributed by atoms with Crippen LogP contribution in [0.5, 0.6) is 46.0 Å². The molecule has 20 rings (SSSR count). The second kappa shape index (κ2) is 40.8. The number of aryl methyl sites for hydroxylation is 3. The summed E-state index contributed by atoms with van der Waals surface area (Å²) in [6.45, 7) is 5.84. The Kier molecular flexibility index (Phi) is 28.0. The molecule has 5 N–H and O–H groups in total. The molecule has 44 heteroatoms. The molecule has 16 heterocycles. The van der Waals surface area contributed by atoms with Gasteiger partial charge in [-0.25, -0.2) is 49.5 Å². The summed E-state index contributed by atoms with van der Waals surface area (Å²) in [6, 6.07) is 45.6. The monoisotopic (exact) mass is 2020 g/mol. The molecule has 4 aromatic carbocycles. The van der Waals surface area contributed by atoms with Crippen LogP contribution in [0.4, 0.5) is 55.4 Å². The van der Waals surface area contributed by atoms with E-state index >= 15 is 0 Å². The summed E-state index contributed by atoms with van der Waals surface area (Å²) in [5.41, 5.74) is 11.6. The summed E-state index contributed by atoms with van der Waals surface area (Å²) in [6.07, 6.45) is 11.9. The van der Waals surface area contributed by atoms with E-state index in [1.807, 2.05) is 63.2 Å². The summed E-state index contributed by atoms with van der Waals surface area (Å²) in [5.74, 6) is 0.491. The minimum absolute atomic E-state index is 0.0700. The van der Waals surface area contributed by atoms with Gasteiger partial charge in [0.2, 0.25) is 6.79 Å². The number of ether oxygens (including phenoxy) is 8. The van der Waals surface area contributed by atoms with Gasteiger partial charge in [-0.15, -0.1) is 26.3 Å². The fourth-order valence-electron chi connectivity index (χ4n) is 12.9. The molecule has 0 bridgehead atoms. The normalized spacial score (nSPS) is 13.0. The predicted molar refractivity (Wildman–Crippen MR) is 494 cm³/mol. The van der Waals surface area contributed by atoms with Crippen LogP contribution in [0, 0.1) is 20.8 Å². The minimum atomic E-state index is -3.73. The Bertz CT molecular complexity index is 7270. The largest absolute Gasteiger partial charge is 0.586 e. The Morgan fingerprint density at radius 2 is 0.766 bits per heavy atom. The second-order valence-electron chi connectivity index (χ2n) is 29.0. The third-order valence-corrected chi connectivity index (χ3v) is 21.6. The smallest absolute Gasteiger partial charge is 0.454 e. The zero-order valence-electron chi connectivity index (χ0n) is 70.1. The first-order chi connectivity index (χ1) is 65.7. The van der Waals surface area contributed by atoms with Crippen LogP contribution in [-0.4, -0.2) is 125 Å². The van der Waals surface area contributed by atoms with Crippen LogP contribution in [0.1, 0.15) is 68.7 Å². The van der Waals surface area contributed by atoms with Gasteiger partial charge in [0.05, 0.1) is 60.5 Å². The second-order valence-corrected chi connectivity index (χ2v) is 31.8.